The van der Waals surface area contributed by atoms with E-state index in [9.17, 15) is 0 Å². The van der Waals surface area contributed by atoms with E-state index >= 15 is 0 Å². The van der Waals surface area contributed by atoms with E-state index in [1.165, 1.54) is 0 Å². The van der Waals surface area contributed by atoms with Crippen molar-refractivity contribution in [3.63, 3.8) is 0 Å². The fraction of sp³-hybridized carbons (Fsp3) is 0.211. The van der Waals surface area contributed by atoms with Gasteiger partial charge in [0.1, 0.15) is 5.84 Å². The second-order valence-electron chi connectivity index (χ2n) is 5.90. The molecule has 0 saturated heterocycles. The van der Waals surface area contributed by atoms with Crippen molar-refractivity contribution in [1.29, 1.82) is 0 Å². The summed E-state index contributed by atoms with van der Waals surface area (Å²) in [6.07, 6.45) is 4.09. The highest BCUT2D eigenvalue weighted by molar-refractivity contribution is 6.06. The van der Waals surface area contributed by atoms with Gasteiger partial charge in [-0.3, -0.25) is 4.99 Å². The van der Waals surface area contributed by atoms with E-state index in [1.54, 1.807) is 0 Å². The molecule has 108 valence electrons. The standard InChI is InChI=1S/C19H22N2/c1-19(2,3)21-18(20-17-12-8-5-9-13-17)15-14-16-10-6-4-7-11-16/h4-15H,1-3H3,(H,20,21)/b15-14+. The second kappa shape index (κ2) is 6.89. The Morgan fingerprint density at radius 1 is 0.905 bits per heavy atom. The fourth-order valence-electron chi connectivity index (χ4n) is 1.88. The van der Waals surface area contributed by atoms with Crippen molar-refractivity contribution < 1.29 is 0 Å². The molecule has 0 saturated carbocycles. The number of nitrogens with one attached hydrogen (secondary N) is 1. The molecule has 21 heavy (non-hydrogen) atoms. The lowest BCUT2D eigenvalue weighted by atomic mass is 10.1. The molecule has 0 heterocycles. The largest absolute Gasteiger partial charge is 0.341 e. The van der Waals surface area contributed by atoms with Crippen molar-refractivity contribution in [2.45, 2.75) is 26.3 Å². The molecule has 2 nitrogen and oxygen atoms in total. The zero-order valence-corrected chi connectivity index (χ0v) is 12.9. The highest BCUT2D eigenvalue weighted by atomic mass is 15.0. The van der Waals surface area contributed by atoms with Gasteiger partial charge in [-0.25, -0.2) is 0 Å². The monoisotopic (exact) mass is 278 g/mol. The Bertz CT molecular complexity index is 605. The third-order valence-electron chi connectivity index (χ3n) is 2.74. The molecule has 0 aliphatic rings. The molecule has 0 bridgehead atoms. The summed E-state index contributed by atoms with van der Waals surface area (Å²) in [5, 5.41) is 3.37. The molecule has 2 rings (SSSR count). The lowest BCUT2D eigenvalue weighted by Crippen LogP contribution is -2.18. The first kappa shape index (κ1) is 15.0. The number of benzene rings is 2. The van der Waals surface area contributed by atoms with Crippen LogP contribution in [0.1, 0.15) is 26.3 Å². The molecule has 0 aliphatic heterocycles. The zero-order chi connectivity index (χ0) is 15.1. The van der Waals surface area contributed by atoms with Gasteiger partial charge in [-0.2, -0.15) is 0 Å². The van der Waals surface area contributed by atoms with E-state index in [-0.39, 0.29) is 5.54 Å². The van der Waals surface area contributed by atoms with Crippen molar-refractivity contribution >= 4 is 17.6 Å². The number of anilines is 1. The summed E-state index contributed by atoms with van der Waals surface area (Å²) < 4.78 is 0. The first-order valence-electron chi connectivity index (χ1n) is 7.18. The molecular formula is C19H22N2. The Hall–Kier alpha value is -2.35. The number of hydrogen-bond acceptors (Lipinski definition) is 1. The summed E-state index contributed by atoms with van der Waals surface area (Å²) in [7, 11) is 0. The molecule has 0 aliphatic carbocycles. The van der Waals surface area contributed by atoms with Gasteiger partial charge in [-0.05, 0) is 44.5 Å². The minimum atomic E-state index is -0.127. The molecular weight excluding hydrogens is 256 g/mol. The quantitative estimate of drug-likeness (QED) is 0.619. The minimum absolute atomic E-state index is 0.127. The number of amidine groups is 1. The van der Waals surface area contributed by atoms with Crippen LogP contribution in [-0.4, -0.2) is 11.4 Å². The van der Waals surface area contributed by atoms with E-state index < -0.39 is 0 Å². The third-order valence-corrected chi connectivity index (χ3v) is 2.74. The average Bonchev–Trinajstić information content (AvgIpc) is 2.45. The van der Waals surface area contributed by atoms with Gasteiger partial charge in [0.05, 0.1) is 5.54 Å². The number of hydrogen-bond donors (Lipinski definition) is 1. The van der Waals surface area contributed by atoms with Crippen LogP contribution in [0.15, 0.2) is 71.7 Å². The lowest BCUT2D eigenvalue weighted by Gasteiger charge is -2.15. The van der Waals surface area contributed by atoms with Crippen LogP contribution in [0.25, 0.3) is 6.08 Å². The average molecular weight is 278 g/mol. The molecule has 0 amide bonds. The highest BCUT2D eigenvalue weighted by Gasteiger charge is 2.08. The maximum atomic E-state index is 4.74. The van der Waals surface area contributed by atoms with Crippen molar-refractivity contribution in [2.24, 2.45) is 4.99 Å². The molecule has 2 aromatic carbocycles. The van der Waals surface area contributed by atoms with Crippen molar-refractivity contribution in [3.8, 4) is 0 Å². The Morgan fingerprint density at radius 3 is 2.05 bits per heavy atom. The van der Waals surface area contributed by atoms with E-state index in [0.717, 1.165) is 17.1 Å². The normalized spacial score (nSPS) is 12.6. The van der Waals surface area contributed by atoms with Crippen LogP contribution < -0.4 is 5.32 Å². The highest BCUT2D eigenvalue weighted by Crippen LogP contribution is 2.11. The SMILES string of the molecule is CC(C)(C)N=C(/C=C/c1ccccc1)Nc1ccccc1. The van der Waals surface area contributed by atoms with Gasteiger partial charge in [0.2, 0.25) is 0 Å². The topological polar surface area (TPSA) is 24.4 Å². The van der Waals surface area contributed by atoms with Crippen LogP contribution >= 0.6 is 0 Å². The molecule has 0 aromatic heterocycles. The molecule has 0 spiro atoms. The molecule has 2 heteroatoms. The number of aliphatic imine (C=N–C) groups is 1. The summed E-state index contributed by atoms with van der Waals surface area (Å²) in [6.45, 7) is 6.28. The fourth-order valence-corrected chi connectivity index (χ4v) is 1.88. The number of nitrogens with zero attached hydrogens (tertiary/aromatic N) is 1. The van der Waals surface area contributed by atoms with E-state index in [2.05, 4.69) is 44.3 Å². The Labute approximate surface area is 127 Å². The Morgan fingerprint density at radius 2 is 1.48 bits per heavy atom. The predicted molar refractivity (Wildman–Crippen MR) is 92.7 cm³/mol. The van der Waals surface area contributed by atoms with Crippen LogP contribution in [0, 0.1) is 0 Å². The number of para-hydroxylation sites is 1. The summed E-state index contributed by atoms with van der Waals surface area (Å²) >= 11 is 0. The smallest absolute Gasteiger partial charge is 0.125 e. The first-order valence-corrected chi connectivity index (χ1v) is 7.18. The summed E-state index contributed by atoms with van der Waals surface area (Å²) in [5.41, 5.74) is 2.07. The summed E-state index contributed by atoms with van der Waals surface area (Å²) in [4.78, 5) is 4.74. The van der Waals surface area contributed by atoms with Crippen LogP contribution in [0.2, 0.25) is 0 Å². The van der Waals surface area contributed by atoms with Gasteiger partial charge in [0, 0.05) is 5.69 Å². The third kappa shape index (κ3) is 5.65. The molecule has 0 radical (unpaired) electrons. The van der Waals surface area contributed by atoms with Crippen molar-refractivity contribution in [3.05, 3.63) is 72.3 Å². The Balaban J connectivity index is 2.21. The lowest BCUT2D eigenvalue weighted by molar-refractivity contribution is 0.584. The van der Waals surface area contributed by atoms with Crippen molar-refractivity contribution in [1.82, 2.24) is 0 Å². The van der Waals surface area contributed by atoms with E-state index in [4.69, 9.17) is 4.99 Å². The van der Waals surface area contributed by atoms with Gasteiger partial charge >= 0.3 is 0 Å². The maximum Gasteiger partial charge on any atom is 0.125 e. The van der Waals surface area contributed by atoms with Gasteiger partial charge in [0.25, 0.3) is 0 Å². The molecule has 2 aromatic rings. The molecule has 0 unspecified atom stereocenters. The van der Waals surface area contributed by atoms with E-state index in [1.807, 2.05) is 54.6 Å². The predicted octanol–water partition coefficient (Wildman–Crippen LogP) is 5.01. The maximum absolute atomic E-state index is 4.74. The Kier molecular flexibility index (Phi) is 4.94. The molecule has 0 fully saturated rings. The van der Waals surface area contributed by atoms with Gasteiger partial charge in [-0.15, -0.1) is 0 Å². The second-order valence-corrected chi connectivity index (χ2v) is 5.90. The van der Waals surface area contributed by atoms with Gasteiger partial charge < -0.3 is 5.32 Å². The zero-order valence-electron chi connectivity index (χ0n) is 12.9. The van der Waals surface area contributed by atoms with Crippen LogP contribution in [0.4, 0.5) is 5.69 Å². The van der Waals surface area contributed by atoms with Crippen molar-refractivity contribution in [2.75, 3.05) is 5.32 Å². The minimum Gasteiger partial charge on any atom is -0.341 e. The van der Waals surface area contributed by atoms with Gasteiger partial charge in [0.15, 0.2) is 0 Å². The molecule has 0 atom stereocenters. The van der Waals surface area contributed by atoms with Crippen LogP contribution in [0.3, 0.4) is 0 Å². The van der Waals surface area contributed by atoms with Crippen LogP contribution in [0.5, 0.6) is 0 Å². The number of rotatable bonds is 3. The van der Waals surface area contributed by atoms with Gasteiger partial charge in [-0.1, -0.05) is 54.6 Å². The molecule has 1 N–H and O–H groups in total. The van der Waals surface area contributed by atoms with E-state index in [0.29, 0.717) is 0 Å². The summed E-state index contributed by atoms with van der Waals surface area (Å²) in [6, 6.07) is 20.3. The first-order chi connectivity index (χ1) is 10.0. The van der Waals surface area contributed by atoms with Crippen LogP contribution in [-0.2, 0) is 0 Å². The summed E-state index contributed by atoms with van der Waals surface area (Å²) in [5.74, 6) is 0.859.